The molecule has 0 amide bonds. The number of hydrogen-bond acceptors (Lipinski definition) is 2. The van der Waals surface area contributed by atoms with Crippen molar-refractivity contribution in [1.82, 2.24) is 19.3 Å². The van der Waals surface area contributed by atoms with Crippen molar-refractivity contribution in [3.05, 3.63) is 40.8 Å². The fourth-order valence-corrected chi connectivity index (χ4v) is 2.18. The SMILES string of the molecule is Cn1ccc(-n2c(=S)[nH]c3c(F)cc(F)cc32)n1. The van der Waals surface area contributed by atoms with Crippen LogP contribution in [0.2, 0.25) is 0 Å². The first-order valence-corrected chi connectivity index (χ1v) is 5.57. The molecule has 1 aromatic carbocycles. The largest absolute Gasteiger partial charge is 0.328 e. The number of hydrogen-bond donors (Lipinski definition) is 1. The van der Waals surface area contributed by atoms with Gasteiger partial charge in [0.25, 0.3) is 0 Å². The number of aromatic amines is 1. The molecule has 3 rings (SSSR count). The van der Waals surface area contributed by atoms with Gasteiger partial charge in [0, 0.05) is 31.4 Å². The second kappa shape index (κ2) is 3.74. The smallest absolute Gasteiger partial charge is 0.184 e. The molecule has 18 heavy (non-hydrogen) atoms. The van der Waals surface area contributed by atoms with Gasteiger partial charge in [-0.25, -0.2) is 8.78 Å². The molecule has 0 fully saturated rings. The van der Waals surface area contributed by atoms with E-state index in [4.69, 9.17) is 12.2 Å². The topological polar surface area (TPSA) is 38.5 Å². The lowest BCUT2D eigenvalue weighted by molar-refractivity contribution is 0.590. The van der Waals surface area contributed by atoms with Crippen molar-refractivity contribution in [2.45, 2.75) is 0 Å². The zero-order valence-electron chi connectivity index (χ0n) is 9.32. The highest BCUT2D eigenvalue weighted by atomic mass is 32.1. The second-order valence-electron chi connectivity index (χ2n) is 3.89. The van der Waals surface area contributed by atoms with Crippen molar-refractivity contribution in [3.8, 4) is 5.82 Å². The molecule has 3 aromatic rings. The predicted molar refractivity (Wildman–Crippen MR) is 65.1 cm³/mol. The van der Waals surface area contributed by atoms with Crippen LogP contribution < -0.4 is 0 Å². The summed E-state index contributed by atoms with van der Waals surface area (Å²) in [6, 6.07) is 3.75. The Bertz CT molecular complexity index is 799. The highest BCUT2D eigenvalue weighted by Gasteiger charge is 2.13. The number of halogens is 2. The maximum absolute atomic E-state index is 13.6. The molecule has 1 N–H and O–H groups in total. The molecule has 0 unspecified atom stereocenters. The summed E-state index contributed by atoms with van der Waals surface area (Å²) in [5.74, 6) is -0.816. The van der Waals surface area contributed by atoms with Crippen molar-refractivity contribution >= 4 is 23.3 Å². The van der Waals surface area contributed by atoms with Gasteiger partial charge in [-0.3, -0.25) is 9.25 Å². The van der Waals surface area contributed by atoms with Crippen molar-refractivity contribution in [3.63, 3.8) is 0 Å². The molecule has 0 bridgehead atoms. The Morgan fingerprint density at radius 2 is 2.11 bits per heavy atom. The molecule has 0 aliphatic heterocycles. The lowest BCUT2D eigenvalue weighted by Crippen LogP contribution is -1.97. The Hall–Kier alpha value is -2.02. The van der Waals surface area contributed by atoms with E-state index in [0.29, 0.717) is 11.3 Å². The summed E-state index contributed by atoms with van der Waals surface area (Å²) in [5, 5.41) is 4.17. The highest BCUT2D eigenvalue weighted by molar-refractivity contribution is 7.71. The number of H-pyrrole nitrogens is 1. The van der Waals surface area contributed by atoms with E-state index in [1.165, 1.54) is 10.6 Å². The standard InChI is InChI=1S/C11H8F2N4S/c1-16-3-2-9(15-16)17-8-5-6(12)4-7(13)10(8)14-11(17)18/h2-5H,1H3,(H,14,18). The number of fused-ring (bicyclic) bond motifs is 1. The van der Waals surface area contributed by atoms with Gasteiger partial charge in [-0.1, -0.05) is 0 Å². The molecule has 0 aliphatic rings. The first-order valence-electron chi connectivity index (χ1n) is 5.16. The maximum Gasteiger partial charge on any atom is 0.184 e. The van der Waals surface area contributed by atoms with Crippen molar-refractivity contribution in [2.24, 2.45) is 7.05 Å². The monoisotopic (exact) mass is 266 g/mol. The van der Waals surface area contributed by atoms with E-state index in [2.05, 4.69) is 10.1 Å². The Morgan fingerprint density at radius 3 is 2.78 bits per heavy atom. The third-order valence-electron chi connectivity index (χ3n) is 2.64. The first kappa shape index (κ1) is 11.1. The summed E-state index contributed by atoms with van der Waals surface area (Å²) in [6.45, 7) is 0. The molecule has 2 heterocycles. The summed E-state index contributed by atoms with van der Waals surface area (Å²) < 4.78 is 30.2. The summed E-state index contributed by atoms with van der Waals surface area (Å²) in [6.07, 6.45) is 1.73. The van der Waals surface area contributed by atoms with Gasteiger partial charge in [0.05, 0.1) is 5.52 Å². The summed E-state index contributed by atoms with van der Waals surface area (Å²) in [5.41, 5.74) is 0.503. The fraction of sp³-hybridized carbons (Fsp3) is 0.0909. The minimum absolute atomic E-state index is 0.173. The lowest BCUT2D eigenvalue weighted by Gasteiger charge is -2.00. The zero-order chi connectivity index (χ0) is 12.9. The van der Waals surface area contributed by atoms with E-state index in [-0.39, 0.29) is 10.3 Å². The van der Waals surface area contributed by atoms with E-state index >= 15 is 0 Å². The van der Waals surface area contributed by atoms with Gasteiger partial charge in [-0.15, -0.1) is 0 Å². The van der Waals surface area contributed by atoms with Crippen LogP contribution in [0, 0.1) is 16.4 Å². The van der Waals surface area contributed by atoms with Crippen LogP contribution in [0.5, 0.6) is 0 Å². The average Bonchev–Trinajstić information content (AvgIpc) is 2.82. The quantitative estimate of drug-likeness (QED) is 0.688. The predicted octanol–water partition coefficient (Wildman–Crippen LogP) is 2.70. The van der Waals surface area contributed by atoms with Gasteiger partial charge >= 0.3 is 0 Å². The van der Waals surface area contributed by atoms with E-state index in [9.17, 15) is 8.78 Å². The molecule has 0 spiro atoms. The van der Waals surface area contributed by atoms with Gasteiger partial charge < -0.3 is 4.98 Å². The first-order chi connectivity index (χ1) is 8.56. The summed E-state index contributed by atoms with van der Waals surface area (Å²) in [4.78, 5) is 2.72. The molecule has 4 nitrogen and oxygen atoms in total. The molecular formula is C11H8F2N4S. The Balaban J connectivity index is 2.42. The van der Waals surface area contributed by atoms with Crippen molar-refractivity contribution < 1.29 is 8.78 Å². The summed E-state index contributed by atoms with van der Waals surface area (Å²) in [7, 11) is 1.75. The number of rotatable bonds is 1. The molecule has 0 radical (unpaired) electrons. The van der Waals surface area contributed by atoms with Crippen LogP contribution in [0.3, 0.4) is 0 Å². The van der Waals surface area contributed by atoms with Crippen molar-refractivity contribution in [2.75, 3.05) is 0 Å². The molecular weight excluding hydrogens is 258 g/mol. The van der Waals surface area contributed by atoms with Crippen LogP contribution in [0.15, 0.2) is 24.4 Å². The number of benzene rings is 1. The maximum atomic E-state index is 13.6. The van der Waals surface area contributed by atoms with Gasteiger partial charge in [0.1, 0.15) is 11.3 Å². The number of nitrogens with zero attached hydrogens (tertiary/aromatic N) is 3. The fourth-order valence-electron chi connectivity index (χ4n) is 1.88. The third-order valence-corrected chi connectivity index (χ3v) is 2.92. The van der Waals surface area contributed by atoms with Crippen molar-refractivity contribution in [1.29, 1.82) is 0 Å². The van der Waals surface area contributed by atoms with Crippen LogP contribution in [-0.4, -0.2) is 19.3 Å². The Kier molecular flexibility index (Phi) is 2.30. The molecule has 0 atom stereocenters. The Labute approximate surface area is 105 Å². The molecule has 92 valence electrons. The third kappa shape index (κ3) is 1.55. The van der Waals surface area contributed by atoms with Gasteiger partial charge in [-0.05, 0) is 12.2 Å². The van der Waals surface area contributed by atoms with E-state index < -0.39 is 11.6 Å². The molecule has 0 saturated heterocycles. The van der Waals surface area contributed by atoms with Crippen LogP contribution in [0.1, 0.15) is 0 Å². The molecule has 0 aliphatic carbocycles. The second-order valence-corrected chi connectivity index (χ2v) is 4.28. The zero-order valence-corrected chi connectivity index (χ0v) is 10.1. The van der Waals surface area contributed by atoms with Gasteiger partial charge in [-0.2, -0.15) is 5.10 Å². The molecule has 2 aromatic heterocycles. The van der Waals surface area contributed by atoms with Gasteiger partial charge in [0.15, 0.2) is 16.4 Å². The van der Waals surface area contributed by atoms with Crippen LogP contribution in [0.25, 0.3) is 16.9 Å². The average molecular weight is 266 g/mol. The van der Waals surface area contributed by atoms with Crippen LogP contribution >= 0.6 is 12.2 Å². The number of imidazole rings is 1. The van der Waals surface area contributed by atoms with Crippen LogP contribution in [-0.2, 0) is 7.05 Å². The van der Waals surface area contributed by atoms with E-state index in [0.717, 1.165) is 6.07 Å². The minimum Gasteiger partial charge on any atom is -0.328 e. The number of aryl methyl sites for hydroxylation is 1. The Morgan fingerprint density at radius 1 is 1.33 bits per heavy atom. The lowest BCUT2D eigenvalue weighted by atomic mass is 10.3. The van der Waals surface area contributed by atoms with E-state index in [1.807, 2.05) is 0 Å². The highest BCUT2D eigenvalue weighted by Crippen LogP contribution is 2.22. The number of nitrogens with one attached hydrogen (secondary N) is 1. The molecule has 0 saturated carbocycles. The van der Waals surface area contributed by atoms with E-state index in [1.54, 1.807) is 24.0 Å². The minimum atomic E-state index is -0.675. The summed E-state index contributed by atoms with van der Waals surface area (Å²) >= 11 is 5.12. The normalized spacial score (nSPS) is 11.3. The van der Waals surface area contributed by atoms with Crippen LogP contribution in [0.4, 0.5) is 8.78 Å². The molecule has 7 heteroatoms. The van der Waals surface area contributed by atoms with Gasteiger partial charge in [0.2, 0.25) is 0 Å². The number of aromatic nitrogens is 4.